The van der Waals surface area contributed by atoms with E-state index in [1.54, 1.807) is 0 Å². The van der Waals surface area contributed by atoms with E-state index in [2.05, 4.69) is 227 Å². The van der Waals surface area contributed by atoms with Crippen LogP contribution in [0.25, 0.3) is 88.4 Å². The van der Waals surface area contributed by atoms with E-state index in [1.807, 2.05) is 53.7 Å². The Morgan fingerprint density at radius 3 is 1.32 bits per heavy atom. The van der Waals surface area contributed by atoms with Crippen LogP contribution in [0.5, 0.6) is 0 Å². The van der Waals surface area contributed by atoms with Gasteiger partial charge < -0.3 is 43.3 Å². The van der Waals surface area contributed by atoms with Crippen LogP contribution >= 0.6 is 0 Å². The summed E-state index contributed by atoms with van der Waals surface area (Å²) in [4.78, 5) is 0. The topological polar surface area (TPSA) is 81.7 Å². The van der Waals surface area contributed by atoms with Crippen LogP contribution in [0.3, 0.4) is 0 Å². The molecule has 2 aromatic heterocycles. The average Bonchev–Trinajstić information content (AvgIpc) is 1.74. The minimum absolute atomic E-state index is 0. The van der Waals surface area contributed by atoms with Crippen molar-refractivity contribution in [2.24, 2.45) is 0 Å². The van der Waals surface area contributed by atoms with E-state index < -0.39 is 25.6 Å². The molecule has 2 aliphatic carbocycles. The summed E-state index contributed by atoms with van der Waals surface area (Å²) >= 11 is 0. The molecule has 0 amide bonds. The van der Waals surface area contributed by atoms with Crippen molar-refractivity contribution in [1.82, 2.24) is 0 Å². The average molecular weight is 1170 g/mol. The number of rotatable bonds is 6. The maximum atomic E-state index is 6.69. The second-order valence-electron chi connectivity index (χ2n) is 27.1. The van der Waals surface area contributed by atoms with Gasteiger partial charge >= 0.3 is 33.3 Å². The molecule has 8 aromatic carbocycles. The molecule has 0 radical (unpaired) electrons. The second kappa shape index (κ2) is 25.3. The van der Waals surface area contributed by atoms with Gasteiger partial charge in [-0.2, -0.15) is 13.3 Å². The van der Waals surface area contributed by atoms with Gasteiger partial charge in [0.15, 0.2) is 0 Å². The van der Waals surface area contributed by atoms with Crippen molar-refractivity contribution >= 4 is 63.8 Å². The van der Waals surface area contributed by atoms with Crippen molar-refractivity contribution in [2.75, 3.05) is 13.2 Å². The summed E-state index contributed by atoms with van der Waals surface area (Å²) in [7, 11) is -0.998. The minimum atomic E-state index is -0.523. The van der Waals surface area contributed by atoms with Gasteiger partial charge in [0.05, 0.1) is 22.4 Å². The van der Waals surface area contributed by atoms with Gasteiger partial charge in [-0.15, -0.1) is 0 Å². The van der Waals surface area contributed by atoms with Gasteiger partial charge in [0.1, 0.15) is 22.3 Å². The van der Waals surface area contributed by atoms with Crippen molar-refractivity contribution in [3.63, 3.8) is 0 Å². The number of ether oxygens (including phenoxy) is 1. The number of para-hydroxylation sites is 4. The van der Waals surface area contributed by atoms with Crippen molar-refractivity contribution in [3.8, 4) is 44.5 Å². The van der Waals surface area contributed by atoms with Crippen molar-refractivity contribution in [1.29, 1.82) is 0 Å². The van der Waals surface area contributed by atoms with Gasteiger partial charge in [0.25, 0.3) is 0 Å². The molecule has 0 bridgehead atoms. The Morgan fingerprint density at radius 2 is 0.841 bits per heavy atom. The Bertz CT molecular complexity index is 4080. The molecule has 15 rings (SSSR count). The molecular weight excluding hydrogens is 1080 g/mol. The zero-order valence-corrected chi connectivity index (χ0v) is 55.2. The molecule has 11 heteroatoms. The summed E-state index contributed by atoms with van der Waals surface area (Å²) in [5, 5.41) is 4.54. The van der Waals surface area contributed by atoms with E-state index in [0.29, 0.717) is 0 Å². The Morgan fingerprint density at radius 1 is 0.443 bits per heavy atom. The fourth-order valence-electron chi connectivity index (χ4n) is 12.5. The summed E-state index contributed by atoms with van der Waals surface area (Å²) in [5.41, 5.74) is 18.7. The first-order chi connectivity index (χ1) is 41.4. The van der Waals surface area contributed by atoms with Gasteiger partial charge in [0.2, 0.25) is 0 Å². The summed E-state index contributed by atoms with van der Waals surface area (Å²) in [6.07, 6.45) is 6.00. The van der Waals surface area contributed by atoms with E-state index in [-0.39, 0.29) is 47.0 Å². The van der Waals surface area contributed by atoms with Crippen LogP contribution in [0, 0.1) is 6.42 Å². The van der Waals surface area contributed by atoms with E-state index in [1.165, 1.54) is 85.7 Å². The minimum Gasteiger partial charge on any atom is -0.456 e. The quantitative estimate of drug-likeness (QED) is 0.120. The third kappa shape index (κ3) is 12.1. The molecular formula is C77H87B2LiO8. The molecule has 450 valence electrons. The molecule has 10 aromatic rings. The second-order valence-corrected chi connectivity index (χ2v) is 27.1. The summed E-state index contributed by atoms with van der Waals surface area (Å²) in [6, 6.07) is 58.7. The molecule has 0 N–H and O–H groups in total. The van der Waals surface area contributed by atoms with Crippen molar-refractivity contribution in [3.05, 3.63) is 192 Å². The van der Waals surface area contributed by atoms with Gasteiger partial charge in [-0.1, -0.05) is 180 Å². The Balaban J connectivity index is 0.000000147. The van der Waals surface area contributed by atoms with Gasteiger partial charge in [-0.25, -0.2) is 0 Å². The maximum absolute atomic E-state index is 6.69. The fraction of sp³-hybridized carbons (Fsp3) is 0.364. The van der Waals surface area contributed by atoms with Gasteiger partial charge in [0, 0.05) is 68.3 Å². The number of hydrogen-bond acceptors (Lipinski definition) is 8. The van der Waals surface area contributed by atoms with Crippen molar-refractivity contribution in [2.45, 2.75) is 169 Å². The van der Waals surface area contributed by atoms with E-state index in [9.17, 15) is 0 Å². The third-order valence-electron chi connectivity index (χ3n) is 19.1. The van der Waals surface area contributed by atoms with Crippen LogP contribution in [0.1, 0.15) is 152 Å². The molecule has 5 aliphatic rings. The first-order valence-corrected chi connectivity index (χ1v) is 31.5. The monoisotopic (exact) mass is 1170 g/mol. The van der Waals surface area contributed by atoms with Gasteiger partial charge in [-0.3, -0.25) is 0 Å². The normalized spacial score (nSPS) is 18.0. The SMILES string of the molecule is C1CCOC1.CC(C)OB1OC(C)(C)C(C)(C)O1.CC1(C)c2ccccc2-c2ccc(-c3cccc4c3oc3c(B5OC(C)(C)C(C)(C)O5)cccc34)cc21.CC1(C)c2ccccc2-c2ccc(-c3cccc4c3oc3ccccc34)cc21.C[CH-]CC.[Li+]. The zero-order valence-electron chi connectivity index (χ0n) is 55.2. The number of unbranched alkanes of at least 4 members (excludes halogenated alkanes) is 1. The number of hydrogen-bond donors (Lipinski definition) is 0. The Labute approximate surface area is 535 Å². The molecule has 0 unspecified atom stereocenters. The number of benzene rings is 8. The predicted octanol–water partition coefficient (Wildman–Crippen LogP) is 16.8. The van der Waals surface area contributed by atoms with Gasteiger partial charge in [-0.05, 0) is 156 Å². The maximum Gasteiger partial charge on any atom is 1.00 e. The fourth-order valence-corrected chi connectivity index (χ4v) is 12.5. The molecule has 0 spiro atoms. The first kappa shape index (κ1) is 64.8. The first-order valence-electron chi connectivity index (χ1n) is 31.5. The van der Waals surface area contributed by atoms with E-state index in [0.717, 1.165) is 62.9 Å². The molecule has 0 saturated carbocycles. The van der Waals surface area contributed by atoms with Crippen molar-refractivity contribution < 1.29 is 55.7 Å². The standard InChI is InChI=1S/C33H31BO3.C27H20O.C9H19BO3.C4H8O.C4H9.Li/c1-31(2)26-15-8-7-11-22(26)23-18-17-20(19-27(23)31)21-12-9-13-24-25-14-10-16-28(30(25)35-29(21)24)34-36-32(3,4)33(5,6)37-34;1-27(2)23-12-5-3-8-19(23)20-15-14-17(16-24(20)27)18-10-7-11-22-21-9-4-6-13-25(21)28-26(18)22;1-7(2)11-10-12-8(3,4)9(5,6)13-10;1-2-4-5-3-1;1-3-4-2;/h7-19H,1-6H3;3-16H,1-2H3;7H,1-6H3;1-4H2;3H,4H2,1-2H3;/q;;;;-1;+1. The number of furan rings is 2. The summed E-state index contributed by atoms with van der Waals surface area (Å²) in [5.74, 6) is 0. The molecule has 3 aliphatic heterocycles. The largest absolute Gasteiger partial charge is 1.00 e. The van der Waals surface area contributed by atoms with Crippen LogP contribution < -0.4 is 24.3 Å². The van der Waals surface area contributed by atoms with Crippen LogP contribution in [0.4, 0.5) is 0 Å². The van der Waals surface area contributed by atoms with Crippen LogP contribution in [-0.4, -0.2) is 56.2 Å². The molecule has 0 atom stereocenters. The summed E-state index contributed by atoms with van der Waals surface area (Å²) in [6.45, 7) is 35.8. The van der Waals surface area contributed by atoms with Crippen LogP contribution in [0.15, 0.2) is 173 Å². The Hall–Kier alpha value is -6.15. The molecule has 3 fully saturated rings. The van der Waals surface area contributed by atoms with Crippen LogP contribution in [-0.2, 0) is 38.8 Å². The summed E-state index contributed by atoms with van der Waals surface area (Å²) < 4.78 is 47.4. The molecule has 88 heavy (non-hydrogen) atoms. The smallest absolute Gasteiger partial charge is 0.456 e. The van der Waals surface area contributed by atoms with Crippen LogP contribution in [0.2, 0.25) is 0 Å². The zero-order chi connectivity index (χ0) is 61.8. The van der Waals surface area contributed by atoms with E-state index in [4.69, 9.17) is 36.8 Å². The molecule has 3 saturated heterocycles. The molecule has 5 heterocycles. The molecule has 8 nitrogen and oxygen atoms in total. The Kier molecular flexibility index (Phi) is 18.6. The van der Waals surface area contributed by atoms with E-state index >= 15 is 0 Å². The predicted molar refractivity (Wildman–Crippen MR) is 362 cm³/mol. The third-order valence-corrected chi connectivity index (χ3v) is 19.1. The number of fused-ring (bicyclic) bond motifs is 12.